The number of halogens is 1. The topological polar surface area (TPSA) is 64.4 Å². The number of ether oxygens (including phenoxy) is 1. The minimum atomic E-state index is -0.252. The van der Waals surface area contributed by atoms with Crippen LogP contribution in [0.4, 0.5) is 5.69 Å². The maximum atomic E-state index is 13.0. The van der Waals surface area contributed by atoms with E-state index in [1.165, 1.54) is 0 Å². The first kappa shape index (κ1) is 19.3. The fourth-order valence-electron chi connectivity index (χ4n) is 3.54. The third kappa shape index (κ3) is 3.55. The number of fused-ring (bicyclic) bond motifs is 2. The summed E-state index contributed by atoms with van der Waals surface area (Å²) < 4.78 is 12.1. The Morgan fingerprint density at radius 1 is 1.00 bits per heavy atom. The zero-order valence-electron chi connectivity index (χ0n) is 16.6. The lowest BCUT2D eigenvalue weighted by Crippen LogP contribution is -2.13. The van der Waals surface area contributed by atoms with Crippen LogP contribution in [0, 0.1) is 0 Å². The summed E-state index contributed by atoms with van der Waals surface area (Å²) in [4.78, 5) is 17.5. The molecule has 0 aliphatic rings. The van der Waals surface area contributed by atoms with Crippen molar-refractivity contribution in [1.82, 2.24) is 4.98 Å². The van der Waals surface area contributed by atoms with Crippen LogP contribution >= 0.6 is 15.9 Å². The van der Waals surface area contributed by atoms with E-state index in [9.17, 15) is 4.79 Å². The van der Waals surface area contributed by atoms with Gasteiger partial charge in [0.1, 0.15) is 11.3 Å². The van der Waals surface area contributed by atoms with Gasteiger partial charge in [-0.3, -0.25) is 4.79 Å². The van der Waals surface area contributed by atoms with Crippen molar-refractivity contribution >= 4 is 49.4 Å². The van der Waals surface area contributed by atoms with Crippen molar-refractivity contribution in [2.45, 2.75) is 0 Å². The molecule has 1 aromatic heterocycles. The van der Waals surface area contributed by atoms with Gasteiger partial charge in [-0.05, 0) is 69.2 Å². The minimum Gasteiger partial charge on any atom is -0.495 e. The summed E-state index contributed by atoms with van der Waals surface area (Å²) in [5.41, 5.74) is 3.50. The number of methoxy groups -OCH3 is 1. The third-order valence-corrected chi connectivity index (χ3v) is 5.86. The number of para-hydroxylation sites is 2. The molecule has 1 heterocycles. The molecular formula is C25H17BrN2O3. The number of oxazole rings is 1. The van der Waals surface area contributed by atoms with Crippen LogP contribution < -0.4 is 10.1 Å². The summed E-state index contributed by atoms with van der Waals surface area (Å²) in [5.74, 6) is 0.788. The smallest absolute Gasteiger partial charge is 0.259 e. The standard InChI is InChI=1S/C25H17BrN2O3/c1-30-23-19(14-16-6-2-3-7-18(16)22(23)26)24(29)27-17-12-10-15(11-13-17)25-28-20-8-4-5-9-21(20)31-25/h2-14H,1H3,(H,27,29). The van der Waals surface area contributed by atoms with Crippen LogP contribution in [-0.2, 0) is 0 Å². The number of benzene rings is 4. The predicted octanol–water partition coefficient (Wildman–Crippen LogP) is 6.67. The van der Waals surface area contributed by atoms with Crippen molar-refractivity contribution < 1.29 is 13.9 Å². The summed E-state index contributed by atoms with van der Waals surface area (Å²) in [6.45, 7) is 0. The van der Waals surface area contributed by atoms with Gasteiger partial charge >= 0.3 is 0 Å². The summed E-state index contributed by atoms with van der Waals surface area (Å²) in [6.07, 6.45) is 0. The highest BCUT2D eigenvalue weighted by Crippen LogP contribution is 2.37. The second-order valence-corrected chi connectivity index (χ2v) is 7.80. The maximum absolute atomic E-state index is 13.0. The number of carbonyl (C=O) groups is 1. The predicted molar refractivity (Wildman–Crippen MR) is 126 cm³/mol. The van der Waals surface area contributed by atoms with Crippen LogP contribution in [0.2, 0.25) is 0 Å². The van der Waals surface area contributed by atoms with Crippen LogP contribution in [-0.4, -0.2) is 18.0 Å². The lowest BCUT2D eigenvalue weighted by Gasteiger charge is -2.13. The molecule has 5 aromatic rings. The molecule has 0 atom stereocenters. The van der Waals surface area contributed by atoms with E-state index in [-0.39, 0.29) is 5.91 Å². The number of hydrogen-bond donors (Lipinski definition) is 1. The summed E-state index contributed by atoms with van der Waals surface area (Å²) in [5, 5.41) is 4.87. The van der Waals surface area contributed by atoms with Gasteiger partial charge in [-0.25, -0.2) is 4.98 Å². The Labute approximate surface area is 186 Å². The van der Waals surface area contributed by atoms with Crippen molar-refractivity contribution in [3.63, 3.8) is 0 Å². The molecule has 0 aliphatic carbocycles. The number of nitrogens with zero attached hydrogens (tertiary/aromatic N) is 1. The molecule has 0 fully saturated rings. The van der Waals surface area contributed by atoms with E-state index in [0.717, 1.165) is 31.9 Å². The first-order chi connectivity index (χ1) is 15.1. The average Bonchev–Trinajstić information content (AvgIpc) is 3.24. The van der Waals surface area contributed by atoms with Gasteiger partial charge in [0.25, 0.3) is 5.91 Å². The Kier molecular flexibility index (Phi) is 4.92. The number of amides is 1. The van der Waals surface area contributed by atoms with E-state index in [1.807, 2.05) is 78.9 Å². The number of carbonyl (C=O) groups excluding carboxylic acids is 1. The van der Waals surface area contributed by atoms with Gasteiger partial charge in [-0.1, -0.05) is 36.4 Å². The SMILES string of the molecule is COc1c(C(=O)Nc2ccc(-c3nc4ccccc4o3)cc2)cc2ccccc2c1Br. The molecule has 6 heteroatoms. The Morgan fingerprint density at radius 3 is 2.52 bits per heavy atom. The summed E-state index contributed by atoms with van der Waals surface area (Å²) in [6, 6.07) is 24.7. The number of aromatic nitrogens is 1. The second kappa shape index (κ2) is 7.89. The Morgan fingerprint density at radius 2 is 1.74 bits per heavy atom. The molecule has 5 nitrogen and oxygen atoms in total. The van der Waals surface area contributed by atoms with Crippen molar-refractivity contribution in [1.29, 1.82) is 0 Å². The van der Waals surface area contributed by atoms with Gasteiger partial charge < -0.3 is 14.5 Å². The van der Waals surface area contributed by atoms with Crippen LogP contribution in [0.3, 0.4) is 0 Å². The molecule has 1 amide bonds. The van der Waals surface area contributed by atoms with Gasteiger partial charge in [0.2, 0.25) is 5.89 Å². The molecule has 0 spiro atoms. The molecule has 0 unspecified atom stereocenters. The van der Waals surface area contributed by atoms with Crippen LogP contribution in [0.1, 0.15) is 10.4 Å². The van der Waals surface area contributed by atoms with E-state index < -0.39 is 0 Å². The number of nitrogens with one attached hydrogen (secondary N) is 1. The molecular weight excluding hydrogens is 456 g/mol. The van der Waals surface area contributed by atoms with Crippen LogP contribution in [0.15, 0.2) is 87.8 Å². The largest absolute Gasteiger partial charge is 0.495 e. The zero-order chi connectivity index (χ0) is 21.4. The lowest BCUT2D eigenvalue weighted by molar-refractivity contribution is 0.102. The van der Waals surface area contributed by atoms with Gasteiger partial charge in [-0.2, -0.15) is 0 Å². The summed E-state index contributed by atoms with van der Waals surface area (Å²) in [7, 11) is 1.56. The Hall–Kier alpha value is -3.64. The molecule has 5 rings (SSSR count). The van der Waals surface area contributed by atoms with E-state index in [0.29, 0.717) is 22.9 Å². The number of anilines is 1. The Balaban J connectivity index is 1.43. The van der Waals surface area contributed by atoms with Gasteiger partial charge in [0, 0.05) is 11.3 Å². The maximum Gasteiger partial charge on any atom is 0.259 e. The first-order valence-electron chi connectivity index (χ1n) is 9.66. The van der Waals surface area contributed by atoms with Crippen molar-refractivity contribution in [2.24, 2.45) is 0 Å². The fraction of sp³-hybridized carbons (Fsp3) is 0.0400. The van der Waals surface area contributed by atoms with Gasteiger partial charge in [0.15, 0.2) is 5.58 Å². The molecule has 31 heavy (non-hydrogen) atoms. The van der Waals surface area contributed by atoms with Gasteiger partial charge in [-0.15, -0.1) is 0 Å². The van der Waals surface area contributed by atoms with E-state index in [1.54, 1.807) is 7.11 Å². The number of hydrogen-bond acceptors (Lipinski definition) is 4. The molecule has 0 aliphatic heterocycles. The monoisotopic (exact) mass is 472 g/mol. The zero-order valence-corrected chi connectivity index (χ0v) is 18.1. The van der Waals surface area contributed by atoms with Crippen LogP contribution in [0.25, 0.3) is 33.3 Å². The highest BCUT2D eigenvalue weighted by Gasteiger charge is 2.18. The third-order valence-electron chi connectivity index (χ3n) is 5.07. The lowest BCUT2D eigenvalue weighted by atomic mass is 10.0. The van der Waals surface area contributed by atoms with Crippen molar-refractivity contribution in [2.75, 3.05) is 12.4 Å². The van der Waals surface area contributed by atoms with E-state index in [4.69, 9.17) is 9.15 Å². The molecule has 0 saturated heterocycles. The molecule has 4 aromatic carbocycles. The highest BCUT2D eigenvalue weighted by molar-refractivity contribution is 9.10. The Bertz CT molecular complexity index is 1390. The molecule has 0 radical (unpaired) electrons. The molecule has 152 valence electrons. The van der Waals surface area contributed by atoms with Gasteiger partial charge in [0.05, 0.1) is 17.1 Å². The second-order valence-electron chi connectivity index (χ2n) is 7.01. The van der Waals surface area contributed by atoms with Crippen molar-refractivity contribution in [3.05, 3.63) is 88.9 Å². The van der Waals surface area contributed by atoms with E-state index in [2.05, 4.69) is 26.2 Å². The van der Waals surface area contributed by atoms with Crippen molar-refractivity contribution in [3.8, 4) is 17.2 Å². The highest BCUT2D eigenvalue weighted by atomic mass is 79.9. The average molecular weight is 473 g/mol. The van der Waals surface area contributed by atoms with Crippen LogP contribution in [0.5, 0.6) is 5.75 Å². The molecule has 1 N–H and O–H groups in total. The van der Waals surface area contributed by atoms with E-state index >= 15 is 0 Å². The molecule has 0 bridgehead atoms. The first-order valence-corrected chi connectivity index (χ1v) is 10.5. The quantitative estimate of drug-likeness (QED) is 0.317. The molecule has 0 saturated carbocycles. The minimum absolute atomic E-state index is 0.252. The number of rotatable bonds is 4. The normalized spacial score (nSPS) is 11.0. The fourth-order valence-corrected chi connectivity index (χ4v) is 4.28. The summed E-state index contributed by atoms with van der Waals surface area (Å²) >= 11 is 3.57.